The number of hydrogen-bond donors (Lipinski definition) is 1. The Bertz CT molecular complexity index is 343. The Morgan fingerprint density at radius 2 is 2.50 bits per heavy atom. The van der Waals surface area contributed by atoms with Crippen LogP contribution in [0, 0.1) is 0 Å². The van der Waals surface area contributed by atoms with Crippen LogP contribution < -0.4 is 5.32 Å². The van der Waals surface area contributed by atoms with Crippen molar-refractivity contribution in [2.24, 2.45) is 0 Å². The average Bonchev–Trinajstić information content (AvgIpc) is 2.58. The second-order valence-corrected chi connectivity index (χ2v) is 3.70. The van der Waals surface area contributed by atoms with Crippen LogP contribution in [0.4, 0.5) is 0 Å². The minimum atomic E-state index is 0.00237. The Hall–Kier alpha value is -1.32. The quantitative estimate of drug-likeness (QED) is 0.757. The first kappa shape index (κ1) is 9.24. The Kier molecular flexibility index (Phi) is 2.52. The number of carbonyl (C=O) groups is 1. The summed E-state index contributed by atoms with van der Waals surface area (Å²) in [6.45, 7) is 3.17. The van der Waals surface area contributed by atoms with E-state index in [1.165, 1.54) is 25.5 Å². The Balaban J connectivity index is 2.10. The lowest BCUT2D eigenvalue weighted by Gasteiger charge is -2.15. The van der Waals surface area contributed by atoms with Crippen molar-refractivity contribution in [3.8, 4) is 0 Å². The molecule has 1 aromatic heterocycles. The molecule has 0 saturated carbocycles. The monoisotopic (exact) mass is 193 g/mol. The van der Waals surface area contributed by atoms with Gasteiger partial charge >= 0.3 is 0 Å². The third kappa shape index (κ3) is 1.78. The second-order valence-electron chi connectivity index (χ2n) is 3.70. The van der Waals surface area contributed by atoms with Gasteiger partial charge in [-0.25, -0.2) is 4.98 Å². The molecule has 0 unspecified atom stereocenters. The Morgan fingerprint density at radius 3 is 3.29 bits per heavy atom. The minimum Gasteiger partial charge on any atom is -0.351 e. The highest BCUT2D eigenvalue weighted by atomic mass is 16.1. The molecule has 0 aromatic carbocycles. The Labute approximate surface area is 83.3 Å². The lowest BCUT2D eigenvalue weighted by atomic mass is 10.1. The van der Waals surface area contributed by atoms with Crippen molar-refractivity contribution in [2.45, 2.75) is 39.3 Å². The lowest BCUT2D eigenvalue weighted by molar-refractivity contribution is -0.119. The van der Waals surface area contributed by atoms with Crippen LogP contribution in [-0.2, 0) is 24.3 Å². The maximum Gasteiger partial charge on any atom is 0.217 e. The number of imidazole rings is 1. The van der Waals surface area contributed by atoms with E-state index in [4.69, 9.17) is 0 Å². The molecule has 76 valence electrons. The van der Waals surface area contributed by atoms with Crippen LogP contribution >= 0.6 is 0 Å². The molecule has 0 radical (unpaired) electrons. The summed E-state index contributed by atoms with van der Waals surface area (Å²) in [6, 6.07) is 0. The van der Waals surface area contributed by atoms with Crippen molar-refractivity contribution >= 4 is 5.91 Å². The molecule has 4 heteroatoms. The van der Waals surface area contributed by atoms with E-state index >= 15 is 0 Å². The summed E-state index contributed by atoms with van der Waals surface area (Å²) in [4.78, 5) is 15.1. The minimum absolute atomic E-state index is 0.00237. The lowest BCUT2D eigenvalue weighted by Crippen LogP contribution is -2.21. The third-order valence-electron chi connectivity index (χ3n) is 2.60. The standard InChI is InChI=1S/C10H15N3O/c1-8(14)11-6-9-10-4-2-3-5-13(10)7-12-9/h7H,2-6H2,1H3,(H,11,14). The predicted molar refractivity (Wildman–Crippen MR) is 52.7 cm³/mol. The number of nitrogens with zero attached hydrogens (tertiary/aromatic N) is 2. The van der Waals surface area contributed by atoms with Crippen LogP contribution in [-0.4, -0.2) is 15.5 Å². The molecule has 1 aromatic rings. The fraction of sp³-hybridized carbons (Fsp3) is 0.600. The zero-order valence-corrected chi connectivity index (χ0v) is 8.42. The first-order valence-electron chi connectivity index (χ1n) is 5.04. The highest BCUT2D eigenvalue weighted by Gasteiger charge is 2.14. The van der Waals surface area contributed by atoms with Gasteiger partial charge in [-0.2, -0.15) is 0 Å². The van der Waals surface area contributed by atoms with E-state index in [0.717, 1.165) is 18.7 Å². The molecule has 0 spiro atoms. The van der Waals surface area contributed by atoms with Gasteiger partial charge in [-0.15, -0.1) is 0 Å². The first-order valence-corrected chi connectivity index (χ1v) is 5.04. The van der Waals surface area contributed by atoms with Crippen molar-refractivity contribution in [3.05, 3.63) is 17.7 Å². The van der Waals surface area contributed by atoms with Gasteiger partial charge in [0.25, 0.3) is 0 Å². The van der Waals surface area contributed by atoms with E-state index in [1.54, 1.807) is 0 Å². The third-order valence-corrected chi connectivity index (χ3v) is 2.60. The SMILES string of the molecule is CC(=O)NCc1ncn2c1CCCC2. The van der Waals surface area contributed by atoms with Gasteiger partial charge in [-0.3, -0.25) is 4.79 Å². The van der Waals surface area contributed by atoms with Gasteiger partial charge in [0.2, 0.25) is 5.91 Å². The largest absolute Gasteiger partial charge is 0.351 e. The van der Waals surface area contributed by atoms with E-state index < -0.39 is 0 Å². The number of rotatable bonds is 2. The van der Waals surface area contributed by atoms with Crippen LogP contribution in [0.15, 0.2) is 6.33 Å². The van der Waals surface area contributed by atoms with E-state index in [2.05, 4.69) is 14.9 Å². The molecule has 1 N–H and O–H groups in total. The normalized spacial score (nSPS) is 14.9. The van der Waals surface area contributed by atoms with Gasteiger partial charge in [0.1, 0.15) is 0 Å². The van der Waals surface area contributed by atoms with Gasteiger partial charge in [0, 0.05) is 19.2 Å². The fourth-order valence-electron chi connectivity index (χ4n) is 1.86. The van der Waals surface area contributed by atoms with Gasteiger partial charge in [0.15, 0.2) is 0 Å². The fourth-order valence-corrected chi connectivity index (χ4v) is 1.86. The van der Waals surface area contributed by atoms with Gasteiger partial charge in [-0.05, 0) is 19.3 Å². The summed E-state index contributed by atoms with van der Waals surface area (Å²) in [5.41, 5.74) is 2.32. The molecule has 0 saturated heterocycles. The number of aryl methyl sites for hydroxylation is 1. The number of hydrogen-bond acceptors (Lipinski definition) is 2. The topological polar surface area (TPSA) is 46.9 Å². The van der Waals surface area contributed by atoms with Gasteiger partial charge < -0.3 is 9.88 Å². The average molecular weight is 193 g/mol. The molecular formula is C10H15N3O. The Morgan fingerprint density at radius 1 is 1.64 bits per heavy atom. The molecule has 0 atom stereocenters. The summed E-state index contributed by atoms with van der Waals surface area (Å²) < 4.78 is 2.20. The molecule has 2 rings (SSSR count). The molecule has 0 fully saturated rings. The predicted octanol–water partition coefficient (Wildman–Crippen LogP) is 0.855. The molecule has 2 heterocycles. The van der Waals surface area contributed by atoms with Crippen molar-refractivity contribution in [1.82, 2.24) is 14.9 Å². The first-order chi connectivity index (χ1) is 6.77. The van der Waals surface area contributed by atoms with Crippen LogP contribution in [0.25, 0.3) is 0 Å². The molecule has 1 amide bonds. The van der Waals surface area contributed by atoms with E-state index in [-0.39, 0.29) is 5.91 Å². The molecular weight excluding hydrogens is 178 g/mol. The molecule has 1 aliphatic rings. The number of nitrogens with one attached hydrogen (secondary N) is 1. The van der Waals surface area contributed by atoms with Crippen molar-refractivity contribution < 1.29 is 4.79 Å². The number of carbonyl (C=O) groups excluding carboxylic acids is 1. The highest BCUT2D eigenvalue weighted by molar-refractivity contribution is 5.72. The van der Waals surface area contributed by atoms with Crippen molar-refractivity contribution in [3.63, 3.8) is 0 Å². The smallest absolute Gasteiger partial charge is 0.217 e. The van der Waals surface area contributed by atoms with Gasteiger partial charge in [-0.1, -0.05) is 0 Å². The molecule has 4 nitrogen and oxygen atoms in total. The second kappa shape index (κ2) is 3.82. The number of aromatic nitrogens is 2. The number of amides is 1. The summed E-state index contributed by atoms with van der Waals surface area (Å²) in [5.74, 6) is 0.00237. The van der Waals surface area contributed by atoms with Crippen LogP contribution in [0.3, 0.4) is 0 Å². The highest BCUT2D eigenvalue weighted by Crippen LogP contribution is 2.17. The zero-order chi connectivity index (χ0) is 9.97. The number of fused-ring (bicyclic) bond motifs is 1. The van der Waals surface area contributed by atoms with E-state index in [9.17, 15) is 4.79 Å². The zero-order valence-electron chi connectivity index (χ0n) is 8.42. The van der Waals surface area contributed by atoms with Crippen LogP contribution in [0.2, 0.25) is 0 Å². The van der Waals surface area contributed by atoms with E-state index in [0.29, 0.717) is 6.54 Å². The van der Waals surface area contributed by atoms with Crippen LogP contribution in [0.5, 0.6) is 0 Å². The summed E-state index contributed by atoms with van der Waals surface area (Å²) in [6.07, 6.45) is 5.45. The molecule has 0 bridgehead atoms. The maximum atomic E-state index is 10.8. The summed E-state index contributed by atoms with van der Waals surface area (Å²) in [5, 5.41) is 2.78. The summed E-state index contributed by atoms with van der Waals surface area (Å²) in [7, 11) is 0. The summed E-state index contributed by atoms with van der Waals surface area (Å²) >= 11 is 0. The van der Waals surface area contributed by atoms with Crippen molar-refractivity contribution in [2.75, 3.05) is 0 Å². The van der Waals surface area contributed by atoms with Gasteiger partial charge in [0.05, 0.1) is 18.6 Å². The molecule has 14 heavy (non-hydrogen) atoms. The van der Waals surface area contributed by atoms with Crippen LogP contribution in [0.1, 0.15) is 31.2 Å². The van der Waals surface area contributed by atoms with E-state index in [1.807, 2.05) is 6.33 Å². The van der Waals surface area contributed by atoms with Crippen molar-refractivity contribution in [1.29, 1.82) is 0 Å². The molecule has 0 aliphatic carbocycles. The molecule has 1 aliphatic heterocycles. The maximum absolute atomic E-state index is 10.8.